The molecule has 0 aliphatic rings. The van der Waals surface area contributed by atoms with Crippen LogP contribution in [0, 0.1) is 5.82 Å². The largest absolute Gasteiger partial charge is 0.456 e. The summed E-state index contributed by atoms with van der Waals surface area (Å²) >= 11 is 6.64. The minimum Gasteiger partial charge on any atom is -0.456 e. The van der Waals surface area contributed by atoms with Gasteiger partial charge in [-0.05, 0) is 81.7 Å². The Labute approximate surface area is 134 Å². The fraction of sp³-hybridized carbons (Fsp3) is 0.200. The minimum atomic E-state index is -0.311. The topological polar surface area (TPSA) is 21.3 Å². The molecule has 1 unspecified atom stereocenters. The van der Waals surface area contributed by atoms with Crippen molar-refractivity contribution in [2.45, 2.75) is 13.0 Å². The second-order valence-corrected chi connectivity index (χ2v) is 6.09. The monoisotopic (exact) mass is 401 g/mol. The molecule has 2 aromatic carbocycles. The molecule has 1 N–H and O–H groups in total. The second-order valence-electron chi connectivity index (χ2n) is 4.38. The van der Waals surface area contributed by atoms with Gasteiger partial charge < -0.3 is 10.1 Å². The van der Waals surface area contributed by atoms with E-state index in [2.05, 4.69) is 44.1 Å². The van der Waals surface area contributed by atoms with Crippen molar-refractivity contribution in [1.82, 2.24) is 5.32 Å². The predicted octanol–water partition coefficient (Wildman–Crippen LogP) is 5.42. The summed E-state index contributed by atoms with van der Waals surface area (Å²) in [6.45, 7) is 2.08. The summed E-state index contributed by atoms with van der Waals surface area (Å²) < 4.78 is 20.2. The normalized spacial score (nSPS) is 12.2. The molecule has 0 fully saturated rings. The lowest BCUT2D eigenvalue weighted by atomic mass is 10.1. The molecule has 0 amide bonds. The van der Waals surface area contributed by atoms with Crippen LogP contribution >= 0.6 is 31.9 Å². The van der Waals surface area contributed by atoms with E-state index >= 15 is 0 Å². The Morgan fingerprint density at radius 3 is 2.45 bits per heavy atom. The van der Waals surface area contributed by atoms with Crippen LogP contribution < -0.4 is 10.1 Å². The Morgan fingerprint density at radius 1 is 1.10 bits per heavy atom. The first-order valence-corrected chi connectivity index (χ1v) is 7.69. The van der Waals surface area contributed by atoms with Crippen LogP contribution in [0.3, 0.4) is 0 Å². The summed E-state index contributed by atoms with van der Waals surface area (Å²) in [5.74, 6) is 0.957. The van der Waals surface area contributed by atoms with Crippen molar-refractivity contribution < 1.29 is 9.13 Å². The number of ether oxygens (including phenoxy) is 1. The first-order valence-electron chi connectivity index (χ1n) is 6.11. The van der Waals surface area contributed by atoms with Crippen LogP contribution in [0.1, 0.15) is 18.5 Å². The Balaban J connectivity index is 2.23. The zero-order valence-electron chi connectivity index (χ0n) is 11.1. The first kappa shape index (κ1) is 15.5. The molecule has 0 aliphatic heterocycles. The van der Waals surface area contributed by atoms with Gasteiger partial charge in [-0.15, -0.1) is 0 Å². The van der Waals surface area contributed by atoms with Gasteiger partial charge in [0.15, 0.2) is 0 Å². The van der Waals surface area contributed by atoms with Gasteiger partial charge in [0, 0.05) is 6.04 Å². The van der Waals surface area contributed by atoms with Gasteiger partial charge in [0.05, 0.1) is 8.95 Å². The number of hydrogen-bond acceptors (Lipinski definition) is 2. The van der Waals surface area contributed by atoms with Crippen molar-refractivity contribution >= 4 is 31.9 Å². The van der Waals surface area contributed by atoms with Crippen molar-refractivity contribution in [3.05, 3.63) is 56.7 Å². The van der Waals surface area contributed by atoms with Crippen molar-refractivity contribution in [1.29, 1.82) is 0 Å². The highest BCUT2D eigenvalue weighted by Gasteiger charge is 2.09. The molecule has 2 nitrogen and oxygen atoms in total. The summed E-state index contributed by atoms with van der Waals surface area (Å²) in [5.41, 5.74) is 1.16. The maximum atomic E-state index is 13.2. The van der Waals surface area contributed by atoms with E-state index in [0.29, 0.717) is 16.0 Å². The molecular weight excluding hydrogens is 389 g/mol. The summed E-state index contributed by atoms with van der Waals surface area (Å²) in [6.07, 6.45) is 0. The van der Waals surface area contributed by atoms with Crippen molar-refractivity contribution in [2.75, 3.05) is 7.05 Å². The Kier molecular flexibility index (Phi) is 5.18. The van der Waals surface area contributed by atoms with E-state index in [0.717, 1.165) is 10.0 Å². The predicted molar refractivity (Wildman–Crippen MR) is 85.8 cm³/mol. The third-order valence-corrected chi connectivity index (χ3v) is 4.24. The van der Waals surface area contributed by atoms with Crippen LogP contribution in [0.15, 0.2) is 45.3 Å². The molecular formula is C15H14Br2FNO. The highest BCUT2D eigenvalue weighted by Crippen LogP contribution is 2.33. The van der Waals surface area contributed by atoms with Gasteiger partial charge in [-0.1, -0.05) is 6.07 Å². The van der Waals surface area contributed by atoms with Crippen LogP contribution in [0.25, 0.3) is 0 Å². The molecule has 0 aliphatic carbocycles. The number of hydrogen-bond donors (Lipinski definition) is 1. The van der Waals surface area contributed by atoms with Gasteiger partial charge in [0.2, 0.25) is 0 Å². The van der Waals surface area contributed by atoms with Crippen molar-refractivity contribution in [3.63, 3.8) is 0 Å². The molecule has 2 rings (SSSR count). The van der Waals surface area contributed by atoms with Crippen molar-refractivity contribution in [2.24, 2.45) is 0 Å². The van der Waals surface area contributed by atoms with Crippen molar-refractivity contribution in [3.8, 4) is 11.5 Å². The molecule has 2 aromatic rings. The average molecular weight is 403 g/mol. The third-order valence-electron chi connectivity index (χ3n) is 3.01. The van der Waals surface area contributed by atoms with E-state index in [1.165, 1.54) is 6.07 Å². The zero-order chi connectivity index (χ0) is 14.7. The Bertz CT molecular complexity index is 619. The summed E-state index contributed by atoms with van der Waals surface area (Å²) in [4.78, 5) is 0. The van der Waals surface area contributed by atoms with E-state index < -0.39 is 0 Å². The lowest BCUT2D eigenvalue weighted by Gasteiger charge is -2.13. The first-order chi connectivity index (χ1) is 9.51. The molecule has 106 valence electrons. The summed E-state index contributed by atoms with van der Waals surface area (Å²) in [5, 5.41) is 3.18. The Morgan fingerprint density at radius 2 is 1.85 bits per heavy atom. The van der Waals surface area contributed by atoms with Crippen LogP contribution in [0.2, 0.25) is 0 Å². The number of rotatable bonds is 4. The maximum absolute atomic E-state index is 13.2. The SMILES string of the molecule is CNC(C)c1ccc(Oc2ccc(F)c(Br)c2)c(Br)c1. The molecule has 0 spiro atoms. The average Bonchev–Trinajstić information content (AvgIpc) is 2.44. The third kappa shape index (κ3) is 3.59. The number of nitrogens with one attached hydrogen (secondary N) is 1. The molecule has 5 heteroatoms. The smallest absolute Gasteiger partial charge is 0.141 e. The minimum absolute atomic E-state index is 0.264. The lowest BCUT2D eigenvalue weighted by molar-refractivity contribution is 0.476. The molecule has 0 saturated carbocycles. The highest BCUT2D eigenvalue weighted by molar-refractivity contribution is 9.10. The fourth-order valence-corrected chi connectivity index (χ4v) is 2.54. The molecule has 0 heterocycles. The molecule has 0 radical (unpaired) electrons. The summed E-state index contributed by atoms with van der Waals surface area (Å²) in [7, 11) is 1.92. The fourth-order valence-electron chi connectivity index (χ4n) is 1.70. The molecule has 1 atom stereocenters. The van der Waals surface area contributed by atoms with Gasteiger partial charge in [-0.3, -0.25) is 0 Å². The maximum Gasteiger partial charge on any atom is 0.141 e. The van der Waals surface area contributed by atoms with E-state index in [9.17, 15) is 4.39 Å². The molecule has 0 saturated heterocycles. The van der Waals surface area contributed by atoms with Gasteiger partial charge in [-0.25, -0.2) is 4.39 Å². The van der Waals surface area contributed by atoms with Crippen LogP contribution in [-0.2, 0) is 0 Å². The number of halogens is 3. The molecule has 0 aromatic heterocycles. The van der Waals surface area contributed by atoms with Gasteiger partial charge in [0.25, 0.3) is 0 Å². The van der Waals surface area contributed by atoms with E-state index in [-0.39, 0.29) is 11.9 Å². The van der Waals surface area contributed by atoms with Crippen LogP contribution in [0.5, 0.6) is 11.5 Å². The highest BCUT2D eigenvalue weighted by atomic mass is 79.9. The van der Waals surface area contributed by atoms with Crippen LogP contribution in [-0.4, -0.2) is 7.05 Å². The zero-order valence-corrected chi connectivity index (χ0v) is 14.3. The lowest BCUT2D eigenvalue weighted by Crippen LogP contribution is -2.12. The van der Waals surface area contributed by atoms with Gasteiger partial charge >= 0.3 is 0 Å². The quantitative estimate of drug-likeness (QED) is 0.736. The second kappa shape index (κ2) is 6.70. The van der Waals surface area contributed by atoms with E-state index in [1.54, 1.807) is 12.1 Å². The van der Waals surface area contributed by atoms with E-state index in [1.807, 2.05) is 25.2 Å². The molecule has 0 bridgehead atoms. The standard InChI is InChI=1S/C15H14Br2FNO/c1-9(19-2)10-3-6-15(13(17)7-10)20-11-4-5-14(18)12(16)8-11/h3-9,19H,1-2H3. The summed E-state index contributed by atoms with van der Waals surface area (Å²) in [6, 6.07) is 10.7. The molecule has 20 heavy (non-hydrogen) atoms. The van der Waals surface area contributed by atoms with Gasteiger partial charge in [0.1, 0.15) is 17.3 Å². The Hall–Kier alpha value is -0.910. The van der Waals surface area contributed by atoms with Gasteiger partial charge in [-0.2, -0.15) is 0 Å². The number of benzene rings is 2. The van der Waals surface area contributed by atoms with E-state index in [4.69, 9.17) is 4.74 Å². The van der Waals surface area contributed by atoms with Crippen LogP contribution in [0.4, 0.5) is 4.39 Å².